The summed E-state index contributed by atoms with van der Waals surface area (Å²) in [4.78, 5) is 0. The third kappa shape index (κ3) is 2.68. The topological polar surface area (TPSA) is 0 Å². The van der Waals surface area contributed by atoms with Crippen LogP contribution in [0.15, 0.2) is 18.2 Å². The van der Waals surface area contributed by atoms with Crippen molar-refractivity contribution in [3.63, 3.8) is 0 Å². The first-order valence-corrected chi connectivity index (χ1v) is 4.43. The van der Waals surface area contributed by atoms with E-state index in [0.717, 1.165) is 6.07 Å². The van der Waals surface area contributed by atoms with E-state index < -0.39 is 23.5 Å². The number of alkyl halides is 6. The molecule has 0 fully saturated rings. The van der Waals surface area contributed by atoms with E-state index in [0.29, 0.717) is 12.1 Å². The second-order valence-corrected chi connectivity index (χ2v) is 3.23. The van der Waals surface area contributed by atoms with Gasteiger partial charge in [-0.2, -0.15) is 26.3 Å². The lowest BCUT2D eigenvalue weighted by Crippen LogP contribution is -2.16. The summed E-state index contributed by atoms with van der Waals surface area (Å²) in [7, 11) is 0. The lowest BCUT2D eigenvalue weighted by molar-refractivity contribution is -0.162. The molecule has 0 aliphatic rings. The first-order chi connectivity index (χ1) is 7.16. The average Bonchev–Trinajstić information content (AvgIpc) is 2.14. The Morgan fingerprint density at radius 1 is 0.875 bits per heavy atom. The number of halogens is 6. The van der Waals surface area contributed by atoms with Crippen LogP contribution < -0.4 is 0 Å². The lowest BCUT2D eigenvalue weighted by atomic mass is 10.0. The number of rotatable bonds is 1. The van der Waals surface area contributed by atoms with Crippen molar-refractivity contribution < 1.29 is 26.3 Å². The van der Waals surface area contributed by atoms with E-state index >= 15 is 0 Å². The summed E-state index contributed by atoms with van der Waals surface area (Å²) in [5.41, 5.74) is -3.04. The van der Waals surface area contributed by atoms with Gasteiger partial charge >= 0.3 is 12.4 Å². The van der Waals surface area contributed by atoms with Gasteiger partial charge in [-0.3, -0.25) is 0 Å². The molecule has 0 aliphatic heterocycles. The van der Waals surface area contributed by atoms with E-state index in [1.165, 1.54) is 0 Å². The van der Waals surface area contributed by atoms with Gasteiger partial charge in [0.25, 0.3) is 0 Å². The van der Waals surface area contributed by atoms with Crippen LogP contribution in [-0.2, 0) is 18.8 Å². The first kappa shape index (κ1) is 12.9. The van der Waals surface area contributed by atoms with Crippen molar-refractivity contribution in [2.75, 3.05) is 0 Å². The smallest absolute Gasteiger partial charge is 0.166 e. The van der Waals surface area contributed by atoms with Crippen LogP contribution in [0.4, 0.5) is 26.3 Å². The quantitative estimate of drug-likeness (QED) is 0.644. The van der Waals surface area contributed by atoms with Crippen molar-refractivity contribution in [1.82, 2.24) is 0 Å². The Morgan fingerprint density at radius 3 is 1.75 bits per heavy atom. The Labute approximate surface area is 87.9 Å². The molecule has 0 heterocycles. The Morgan fingerprint density at radius 2 is 1.38 bits per heavy atom. The van der Waals surface area contributed by atoms with Gasteiger partial charge in [0.05, 0.1) is 11.1 Å². The number of aryl methyl sites for hydroxylation is 1. The maximum Gasteiger partial charge on any atom is 0.417 e. The zero-order chi connectivity index (χ0) is 12.6. The standard InChI is InChI=1S/C10H8F6/c1-2-6-3-4-7(9(11,12)13)8(5-6)10(14,15)16/h3-5H,2H2,1H3. The Kier molecular flexibility index (Phi) is 3.21. The van der Waals surface area contributed by atoms with E-state index in [1.807, 2.05) is 0 Å². The molecule has 6 heteroatoms. The molecular formula is C10H8F6. The minimum absolute atomic E-state index is 0.223. The maximum absolute atomic E-state index is 12.4. The van der Waals surface area contributed by atoms with Crippen molar-refractivity contribution in [2.24, 2.45) is 0 Å². The highest BCUT2D eigenvalue weighted by atomic mass is 19.4. The van der Waals surface area contributed by atoms with Crippen LogP contribution in [-0.4, -0.2) is 0 Å². The molecule has 0 N–H and O–H groups in total. The monoisotopic (exact) mass is 242 g/mol. The number of hydrogen-bond donors (Lipinski definition) is 0. The first-order valence-electron chi connectivity index (χ1n) is 4.43. The normalized spacial score (nSPS) is 12.9. The Hall–Kier alpha value is -1.20. The van der Waals surface area contributed by atoms with Crippen LogP contribution in [0.5, 0.6) is 0 Å². The largest absolute Gasteiger partial charge is 0.417 e. The van der Waals surface area contributed by atoms with Gasteiger partial charge in [-0.1, -0.05) is 13.0 Å². The van der Waals surface area contributed by atoms with E-state index in [1.54, 1.807) is 6.92 Å². The molecule has 16 heavy (non-hydrogen) atoms. The summed E-state index contributed by atoms with van der Waals surface area (Å²) in [6.45, 7) is 1.57. The SMILES string of the molecule is CCc1ccc(C(F)(F)F)c(C(F)(F)F)c1. The van der Waals surface area contributed by atoms with Crippen molar-refractivity contribution in [3.8, 4) is 0 Å². The highest BCUT2D eigenvalue weighted by Gasteiger charge is 2.42. The Balaban J connectivity index is 3.40. The summed E-state index contributed by atoms with van der Waals surface area (Å²) in [5.74, 6) is 0. The maximum atomic E-state index is 12.4. The molecular weight excluding hydrogens is 234 g/mol. The molecule has 0 bridgehead atoms. The van der Waals surface area contributed by atoms with Gasteiger partial charge in [0.2, 0.25) is 0 Å². The second kappa shape index (κ2) is 3.99. The zero-order valence-corrected chi connectivity index (χ0v) is 8.21. The molecule has 0 unspecified atom stereocenters. The summed E-state index contributed by atoms with van der Waals surface area (Å²) in [6, 6.07) is 2.07. The molecule has 0 aliphatic carbocycles. The summed E-state index contributed by atoms with van der Waals surface area (Å²) < 4.78 is 74.1. The molecule has 1 aromatic rings. The predicted molar refractivity (Wildman–Crippen MR) is 45.8 cm³/mol. The van der Waals surface area contributed by atoms with E-state index in [2.05, 4.69) is 0 Å². The number of hydrogen-bond acceptors (Lipinski definition) is 0. The summed E-state index contributed by atoms with van der Waals surface area (Å²) in [5, 5.41) is 0. The third-order valence-electron chi connectivity index (χ3n) is 2.10. The van der Waals surface area contributed by atoms with Crippen LogP contribution in [0.3, 0.4) is 0 Å². The second-order valence-electron chi connectivity index (χ2n) is 3.23. The predicted octanol–water partition coefficient (Wildman–Crippen LogP) is 4.29. The van der Waals surface area contributed by atoms with Gasteiger partial charge in [-0.15, -0.1) is 0 Å². The van der Waals surface area contributed by atoms with Crippen LogP contribution in [0.25, 0.3) is 0 Å². The molecule has 0 nitrogen and oxygen atoms in total. The lowest BCUT2D eigenvalue weighted by Gasteiger charge is -2.16. The van der Waals surface area contributed by atoms with Crippen molar-refractivity contribution in [1.29, 1.82) is 0 Å². The van der Waals surface area contributed by atoms with E-state index in [-0.39, 0.29) is 12.0 Å². The molecule has 0 saturated carbocycles. The van der Waals surface area contributed by atoms with Gasteiger partial charge in [0, 0.05) is 0 Å². The minimum atomic E-state index is -4.99. The highest BCUT2D eigenvalue weighted by molar-refractivity contribution is 5.36. The third-order valence-corrected chi connectivity index (χ3v) is 2.10. The fourth-order valence-corrected chi connectivity index (χ4v) is 1.29. The van der Waals surface area contributed by atoms with Gasteiger partial charge in [0.1, 0.15) is 0 Å². The fraction of sp³-hybridized carbons (Fsp3) is 0.400. The van der Waals surface area contributed by atoms with E-state index in [9.17, 15) is 26.3 Å². The van der Waals surface area contributed by atoms with E-state index in [4.69, 9.17) is 0 Å². The summed E-state index contributed by atoms with van der Waals surface area (Å²) in [6.07, 6.45) is -9.73. The number of benzene rings is 1. The zero-order valence-electron chi connectivity index (χ0n) is 8.21. The molecule has 1 rings (SSSR count). The Bertz CT molecular complexity index is 374. The van der Waals surface area contributed by atoms with Crippen molar-refractivity contribution >= 4 is 0 Å². The van der Waals surface area contributed by atoms with Gasteiger partial charge in [-0.25, -0.2) is 0 Å². The molecule has 0 aromatic heterocycles. The molecule has 1 aromatic carbocycles. The molecule has 0 spiro atoms. The van der Waals surface area contributed by atoms with Gasteiger partial charge in [0.15, 0.2) is 0 Å². The van der Waals surface area contributed by atoms with Crippen LogP contribution in [0.1, 0.15) is 23.6 Å². The van der Waals surface area contributed by atoms with Crippen LogP contribution in [0.2, 0.25) is 0 Å². The van der Waals surface area contributed by atoms with Gasteiger partial charge < -0.3 is 0 Å². The summed E-state index contributed by atoms with van der Waals surface area (Å²) >= 11 is 0. The fourth-order valence-electron chi connectivity index (χ4n) is 1.29. The van der Waals surface area contributed by atoms with Crippen LogP contribution >= 0.6 is 0 Å². The van der Waals surface area contributed by atoms with Crippen molar-refractivity contribution in [2.45, 2.75) is 25.7 Å². The molecule has 90 valence electrons. The minimum Gasteiger partial charge on any atom is -0.166 e. The molecule has 0 saturated heterocycles. The van der Waals surface area contributed by atoms with Crippen molar-refractivity contribution in [3.05, 3.63) is 34.9 Å². The highest BCUT2D eigenvalue weighted by Crippen LogP contribution is 2.40. The molecule has 0 radical (unpaired) electrons. The average molecular weight is 242 g/mol. The van der Waals surface area contributed by atoms with Gasteiger partial charge in [-0.05, 0) is 24.1 Å². The molecule has 0 amide bonds. The molecule has 0 atom stereocenters. The van der Waals surface area contributed by atoms with Crippen LogP contribution in [0, 0.1) is 0 Å².